The molecule has 7 nitrogen and oxygen atoms in total. The molecule has 0 aromatic carbocycles. The van der Waals surface area contributed by atoms with E-state index in [0.29, 0.717) is 6.54 Å². The van der Waals surface area contributed by atoms with Crippen molar-refractivity contribution >= 4 is 5.97 Å². The van der Waals surface area contributed by atoms with E-state index in [1.165, 1.54) is 4.80 Å². The van der Waals surface area contributed by atoms with Crippen molar-refractivity contribution in [3.05, 3.63) is 16.0 Å². The largest absolute Gasteiger partial charge is 0.480 e. The zero-order valence-corrected chi connectivity index (χ0v) is 8.43. The second-order valence-electron chi connectivity index (χ2n) is 3.26. The van der Waals surface area contributed by atoms with Crippen LogP contribution in [0.4, 0.5) is 0 Å². The molecule has 1 unspecified atom stereocenters. The second kappa shape index (κ2) is 4.74. The molecule has 0 saturated heterocycles. The van der Waals surface area contributed by atoms with Crippen LogP contribution >= 0.6 is 0 Å². The minimum Gasteiger partial charge on any atom is -0.480 e. The molecule has 7 heteroatoms. The predicted octanol–water partition coefficient (Wildman–Crippen LogP) is -1.06. The smallest absolute Gasteiger partial charge is 0.320 e. The van der Waals surface area contributed by atoms with Gasteiger partial charge in [0.15, 0.2) is 0 Å². The van der Waals surface area contributed by atoms with Crippen LogP contribution in [-0.4, -0.2) is 32.1 Å². The van der Waals surface area contributed by atoms with Gasteiger partial charge in [0, 0.05) is 6.42 Å². The first-order valence-corrected chi connectivity index (χ1v) is 4.69. The van der Waals surface area contributed by atoms with Crippen LogP contribution in [0.25, 0.3) is 0 Å². The van der Waals surface area contributed by atoms with Gasteiger partial charge in [-0.1, -0.05) is 6.92 Å². The van der Waals surface area contributed by atoms with Crippen molar-refractivity contribution in [1.29, 1.82) is 0 Å². The Morgan fingerprint density at radius 2 is 2.40 bits per heavy atom. The topological polar surface area (TPSA) is 114 Å². The van der Waals surface area contributed by atoms with Gasteiger partial charge in [0.05, 0.1) is 6.54 Å². The first-order valence-electron chi connectivity index (χ1n) is 4.69. The fraction of sp³-hybridized carbons (Fsp3) is 0.625. The maximum atomic E-state index is 11.3. The van der Waals surface area contributed by atoms with E-state index in [2.05, 4.69) is 10.2 Å². The van der Waals surface area contributed by atoms with Gasteiger partial charge in [-0.25, -0.2) is 9.90 Å². The van der Waals surface area contributed by atoms with Gasteiger partial charge in [0.2, 0.25) is 0 Å². The fourth-order valence-electron chi connectivity index (χ4n) is 1.14. The molecule has 1 rings (SSSR count). The number of aromatic nitrogens is 3. The van der Waals surface area contributed by atoms with E-state index < -0.39 is 12.0 Å². The van der Waals surface area contributed by atoms with Crippen LogP contribution in [0.2, 0.25) is 0 Å². The lowest BCUT2D eigenvalue weighted by molar-refractivity contribution is -0.138. The summed E-state index contributed by atoms with van der Waals surface area (Å²) in [6.45, 7) is 2.54. The number of hydrogen-bond donors (Lipinski definition) is 3. The summed E-state index contributed by atoms with van der Waals surface area (Å²) >= 11 is 0. The fourth-order valence-corrected chi connectivity index (χ4v) is 1.14. The van der Waals surface area contributed by atoms with Crippen LogP contribution in [0, 0.1) is 0 Å². The standard InChI is InChI=1S/C8H14N4O3/c1-2-3-12-10-6(7(13)11-12)4-5(9)8(14)15/h5H,2-4,9H2,1H3,(H,11,13)(H,14,15). The van der Waals surface area contributed by atoms with E-state index in [1.54, 1.807) is 0 Å². The molecule has 0 aliphatic carbocycles. The van der Waals surface area contributed by atoms with Crippen LogP contribution in [0.1, 0.15) is 19.0 Å². The summed E-state index contributed by atoms with van der Waals surface area (Å²) in [5.74, 6) is -1.14. The predicted molar refractivity (Wildman–Crippen MR) is 52.5 cm³/mol. The average Bonchev–Trinajstić information content (AvgIpc) is 2.47. The van der Waals surface area contributed by atoms with Crippen molar-refractivity contribution in [1.82, 2.24) is 15.0 Å². The van der Waals surface area contributed by atoms with Gasteiger partial charge in [-0.2, -0.15) is 5.10 Å². The minimum absolute atomic E-state index is 0.0542. The molecular weight excluding hydrogens is 200 g/mol. The van der Waals surface area contributed by atoms with Gasteiger partial charge < -0.3 is 10.8 Å². The zero-order chi connectivity index (χ0) is 11.4. The number of rotatable bonds is 5. The van der Waals surface area contributed by atoms with Crippen LogP contribution < -0.4 is 11.3 Å². The molecule has 1 heterocycles. The number of nitrogens with two attached hydrogens (primary N) is 1. The average molecular weight is 214 g/mol. The molecule has 0 amide bonds. The number of carboxylic acids is 1. The summed E-state index contributed by atoms with van der Waals surface area (Å²) in [5.41, 5.74) is 5.09. The zero-order valence-electron chi connectivity index (χ0n) is 8.43. The Balaban J connectivity index is 2.77. The second-order valence-corrected chi connectivity index (χ2v) is 3.26. The number of nitrogens with zero attached hydrogens (tertiary/aromatic N) is 2. The van der Waals surface area contributed by atoms with Crippen LogP contribution in [0.3, 0.4) is 0 Å². The Morgan fingerprint density at radius 3 is 2.93 bits per heavy atom. The summed E-state index contributed by atoms with van der Waals surface area (Å²) < 4.78 is 0. The van der Waals surface area contributed by atoms with E-state index >= 15 is 0 Å². The maximum Gasteiger partial charge on any atom is 0.320 e. The Bertz CT molecular complexity index is 395. The Kier molecular flexibility index (Phi) is 3.62. The molecule has 0 spiro atoms. The van der Waals surface area contributed by atoms with E-state index in [9.17, 15) is 9.59 Å². The van der Waals surface area contributed by atoms with Gasteiger partial charge in [-0.3, -0.25) is 9.59 Å². The molecule has 0 saturated carbocycles. The molecule has 15 heavy (non-hydrogen) atoms. The number of aryl methyl sites for hydroxylation is 1. The summed E-state index contributed by atoms with van der Waals surface area (Å²) in [6.07, 6.45) is 0.781. The Labute approximate surface area is 85.9 Å². The highest BCUT2D eigenvalue weighted by molar-refractivity contribution is 5.73. The highest BCUT2D eigenvalue weighted by Crippen LogP contribution is 1.92. The molecule has 1 atom stereocenters. The van der Waals surface area contributed by atoms with Crippen molar-refractivity contribution < 1.29 is 9.90 Å². The normalized spacial score (nSPS) is 12.7. The van der Waals surface area contributed by atoms with Crippen molar-refractivity contribution in [3.63, 3.8) is 0 Å². The maximum absolute atomic E-state index is 11.3. The molecule has 1 aromatic rings. The van der Waals surface area contributed by atoms with Crippen LogP contribution in [-0.2, 0) is 17.8 Å². The molecular formula is C8H14N4O3. The first-order chi connectivity index (χ1) is 7.04. The van der Waals surface area contributed by atoms with Gasteiger partial charge in [-0.05, 0) is 6.42 Å². The van der Waals surface area contributed by atoms with Crippen molar-refractivity contribution in [2.45, 2.75) is 32.4 Å². The third kappa shape index (κ3) is 2.91. The number of aromatic amines is 1. The first kappa shape index (κ1) is 11.4. The third-order valence-electron chi connectivity index (χ3n) is 1.90. The molecule has 84 valence electrons. The number of nitrogens with one attached hydrogen (secondary N) is 1. The summed E-state index contributed by atoms with van der Waals surface area (Å²) in [5, 5.41) is 15.0. The third-order valence-corrected chi connectivity index (χ3v) is 1.90. The summed E-state index contributed by atoms with van der Waals surface area (Å²) in [4.78, 5) is 23.2. The SMILES string of the molecule is CCCn1nc(CC(N)C(=O)O)c(=O)[nH]1. The van der Waals surface area contributed by atoms with E-state index in [0.717, 1.165) is 6.42 Å². The molecule has 1 aromatic heterocycles. The van der Waals surface area contributed by atoms with Crippen molar-refractivity contribution in [2.75, 3.05) is 0 Å². The monoisotopic (exact) mass is 214 g/mol. The molecule has 0 radical (unpaired) electrons. The highest BCUT2D eigenvalue weighted by Gasteiger charge is 2.16. The molecule has 0 aliphatic heterocycles. The van der Waals surface area contributed by atoms with Crippen LogP contribution in [0.15, 0.2) is 4.79 Å². The molecule has 0 bridgehead atoms. The lowest BCUT2D eigenvalue weighted by Gasteiger charge is -2.01. The quantitative estimate of drug-likeness (QED) is 0.577. The summed E-state index contributed by atoms with van der Waals surface area (Å²) in [7, 11) is 0. The number of hydrogen-bond acceptors (Lipinski definition) is 4. The van der Waals surface area contributed by atoms with E-state index in [1.807, 2.05) is 6.92 Å². The highest BCUT2D eigenvalue weighted by atomic mass is 16.4. The molecule has 4 N–H and O–H groups in total. The van der Waals surface area contributed by atoms with Gasteiger partial charge in [-0.15, -0.1) is 0 Å². The minimum atomic E-state index is -1.14. The number of aliphatic carboxylic acids is 1. The van der Waals surface area contributed by atoms with Gasteiger partial charge >= 0.3 is 5.97 Å². The number of carboxylic acid groups (broad SMARTS) is 1. The lowest BCUT2D eigenvalue weighted by atomic mass is 10.2. The Hall–Kier alpha value is -1.63. The van der Waals surface area contributed by atoms with Crippen molar-refractivity contribution in [2.24, 2.45) is 5.73 Å². The Morgan fingerprint density at radius 1 is 1.73 bits per heavy atom. The number of carbonyl (C=O) groups is 1. The number of H-pyrrole nitrogens is 1. The van der Waals surface area contributed by atoms with Gasteiger partial charge in [0.25, 0.3) is 5.56 Å². The van der Waals surface area contributed by atoms with E-state index in [4.69, 9.17) is 10.8 Å². The van der Waals surface area contributed by atoms with Crippen LogP contribution in [0.5, 0.6) is 0 Å². The lowest BCUT2D eigenvalue weighted by Crippen LogP contribution is -2.33. The molecule has 0 fully saturated rings. The molecule has 0 aliphatic rings. The van der Waals surface area contributed by atoms with Crippen molar-refractivity contribution in [3.8, 4) is 0 Å². The van der Waals surface area contributed by atoms with E-state index in [-0.39, 0.29) is 17.7 Å². The summed E-state index contributed by atoms with van der Waals surface area (Å²) in [6, 6.07) is -1.09. The van der Waals surface area contributed by atoms with Gasteiger partial charge in [0.1, 0.15) is 11.7 Å².